The van der Waals surface area contributed by atoms with Gasteiger partial charge in [0.1, 0.15) is 6.61 Å². The fraction of sp³-hybridized carbons (Fsp3) is 0.167. The van der Waals surface area contributed by atoms with Gasteiger partial charge in [-0.3, -0.25) is 4.79 Å². The number of aryl methyl sites for hydroxylation is 1. The van der Waals surface area contributed by atoms with Crippen molar-refractivity contribution >= 4 is 28.1 Å². The molecule has 0 saturated heterocycles. The number of hydrogen-bond acceptors (Lipinski definition) is 4. The van der Waals surface area contributed by atoms with Crippen molar-refractivity contribution in [2.75, 3.05) is 7.11 Å². The van der Waals surface area contributed by atoms with Gasteiger partial charge >= 0.3 is 0 Å². The summed E-state index contributed by atoms with van der Waals surface area (Å²) in [5.74, 6) is 1.06. The highest BCUT2D eigenvalue weighted by atomic mass is 79.9. The van der Waals surface area contributed by atoms with Crippen LogP contribution in [0.25, 0.3) is 0 Å². The quantitative estimate of drug-likeness (QED) is 0.351. The normalized spacial score (nSPS) is 10.7. The van der Waals surface area contributed by atoms with Gasteiger partial charge in [0, 0.05) is 6.42 Å². The Hall–Kier alpha value is -3.12. The highest BCUT2D eigenvalue weighted by Gasteiger charge is 2.11. The van der Waals surface area contributed by atoms with E-state index in [9.17, 15) is 4.79 Å². The summed E-state index contributed by atoms with van der Waals surface area (Å²) in [6, 6.07) is 23.5. The molecule has 1 N–H and O–H groups in total. The van der Waals surface area contributed by atoms with Crippen LogP contribution in [0, 0.1) is 0 Å². The third kappa shape index (κ3) is 6.46. The number of ether oxygens (including phenoxy) is 2. The number of carbonyl (C=O) groups excluding carboxylic acids is 1. The molecule has 0 saturated carbocycles. The number of halogens is 1. The highest BCUT2D eigenvalue weighted by molar-refractivity contribution is 9.10. The van der Waals surface area contributed by atoms with Crippen LogP contribution in [0.3, 0.4) is 0 Å². The van der Waals surface area contributed by atoms with Crippen molar-refractivity contribution in [3.8, 4) is 11.5 Å². The predicted octanol–water partition coefficient (Wildman–Crippen LogP) is 5.12. The average molecular weight is 467 g/mol. The van der Waals surface area contributed by atoms with Gasteiger partial charge < -0.3 is 9.47 Å². The highest BCUT2D eigenvalue weighted by Crippen LogP contribution is 2.36. The van der Waals surface area contributed by atoms with E-state index in [1.54, 1.807) is 13.3 Å². The number of rotatable bonds is 9. The van der Waals surface area contributed by atoms with Crippen LogP contribution in [0.2, 0.25) is 0 Å². The number of hydrogen-bond donors (Lipinski definition) is 1. The Kier molecular flexibility index (Phi) is 8.03. The molecule has 0 atom stereocenters. The molecular weight excluding hydrogens is 444 g/mol. The van der Waals surface area contributed by atoms with Gasteiger partial charge in [-0.1, -0.05) is 60.7 Å². The zero-order valence-corrected chi connectivity index (χ0v) is 18.3. The van der Waals surface area contributed by atoms with Crippen LogP contribution in [-0.4, -0.2) is 19.2 Å². The van der Waals surface area contributed by atoms with Gasteiger partial charge in [-0.15, -0.1) is 0 Å². The third-order valence-electron chi connectivity index (χ3n) is 4.36. The molecule has 154 valence electrons. The minimum Gasteiger partial charge on any atom is -0.493 e. The fourth-order valence-corrected chi connectivity index (χ4v) is 3.40. The third-order valence-corrected chi connectivity index (χ3v) is 4.95. The van der Waals surface area contributed by atoms with Gasteiger partial charge in [-0.25, -0.2) is 5.43 Å². The first kappa shape index (κ1) is 21.6. The molecule has 30 heavy (non-hydrogen) atoms. The van der Waals surface area contributed by atoms with E-state index in [1.165, 1.54) is 0 Å². The molecule has 3 rings (SSSR count). The van der Waals surface area contributed by atoms with E-state index in [4.69, 9.17) is 9.47 Å². The summed E-state index contributed by atoms with van der Waals surface area (Å²) in [5.41, 5.74) is 5.52. The summed E-state index contributed by atoms with van der Waals surface area (Å²) in [6.45, 7) is 0.431. The first-order valence-electron chi connectivity index (χ1n) is 9.56. The summed E-state index contributed by atoms with van der Waals surface area (Å²) in [4.78, 5) is 12.0. The van der Waals surface area contributed by atoms with E-state index in [2.05, 4.69) is 26.5 Å². The van der Waals surface area contributed by atoms with Crippen LogP contribution in [0.5, 0.6) is 11.5 Å². The Morgan fingerprint density at radius 2 is 1.70 bits per heavy atom. The molecule has 3 aromatic carbocycles. The fourth-order valence-electron chi connectivity index (χ4n) is 2.82. The molecule has 0 aliphatic carbocycles. The maximum absolute atomic E-state index is 12.0. The SMILES string of the molecule is COc1cc(/C=N\NC(=O)CCc2ccccc2)cc(Br)c1OCc1ccccc1. The second-order valence-electron chi connectivity index (χ2n) is 6.59. The number of nitrogens with zero attached hydrogens (tertiary/aromatic N) is 1. The van der Waals surface area contributed by atoms with Gasteiger partial charge in [0.2, 0.25) is 5.91 Å². The average Bonchev–Trinajstić information content (AvgIpc) is 2.78. The summed E-state index contributed by atoms with van der Waals surface area (Å²) < 4.78 is 12.1. The van der Waals surface area contributed by atoms with E-state index in [0.29, 0.717) is 30.9 Å². The Bertz CT molecular complexity index is 992. The first-order valence-corrected chi connectivity index (χ1v) is 10.3. The Balaban J connectivity index is 1.57. The van der Waals surface area contributed by atoms with Crippen LogP contribution < -0.4 is 14.9 Å². The number of amides is 1. The second-order valence-corrected chi connectivity index (χ2v) is 7.44. The summed E-state index contributed by atoms with van der Waals surface area (Å²) >= 11 is 3.53. The van der Waals surface area contributed by atoms with Crippen LogP contribution in [-0.2, 0) is 17.8 Å². The van der Waals surface area contributed by atoms with Crippen molar-refractivity contribution in [2.24, 2.45) is 5.10 Å². The van der Waals surface area contributed by atoms with E-state index in [-0.39, 0.29) is 5.91 Å². The van der Waals surface area contributed by atoms with Gasteiger partial charge in [0.05, 0.1) is 17.8 Å². The largest absolute Gasteiger partial charge is 0.493 e. The maximum atomic E-state index is 12.0. The predicted molar refractivity (Wildman–Crippen MR) is 122 cm³/mol. The molecule has 5 nitrogen and oxygen atoms in total. The lowest BCUT2D eigenvalue weighted by Gasteiger charge is -2.13. The Labute approximate surface area is 184 Å². The van der Waals surface area contributed by atoms with Crippen molar-refractivity contribution in [3.63, 3.8) is 0 Å². The van der Waals surface area contributed by atoms with Crippen LogP contribution >= 0.6 is 15.9 Å². The topological polar surface area (TPSA) is 59.9 Å². The molecule has 6 heteroatoms. The lowest BCUT2D eigenvalue weighted by Crippen LogP contribution is -2.17. The molecule has 0 unspecified atom stereocenters. The zero-order valence-electron chi connectivity index (χ0n) is 16.7. The molecule has 3 aromatic rings. The standard InChI is InChI=1S/C24H23BrN2O3/c1-29-22-15-20(14-21(25)24(22)30-17-19-10-6-3-7-11-19)16-26-27-23(28)13-12-18-8-4-2-5-9-18/h2-11,14-16H,12-13,17H2,1H3,(H,27,28)/b26-16-. The summed E-state index contributed by atoms with van der Waals surface area (Å²) in [7, 11) is 1.59. The van der Waals surface area contributed by atoms with Crippen LogP contribution in [0.4, 0.5) is 0 Å². The molecule has 0 spiro atoms. The smallest absolute Gasteiger partial charge is 0.240 e. The molecule has 0 fully saturated rings. The molecule has 0 aromatic heterocycles. The molecule has 0 aliphatic rings. The minimum atomic E-state index is -0.135. The van der Waals surface area contributed by atoms with E-state index in [1.807, 2.05) is 72.8 Å². The second kappa shape index (κ2) is 11.2. The number of nitrogens with one attached hydrogen (secondary N) is 1. The van der Waals surface area contributed by atoms with Crippen molar-refractivity contribution in [1.29, 1.82) is 0 Å². The minimum absolute atomic E-state index is 0.135. The van der Waals surface area contributed by atoms with Gasteiger partial charge in [-0.05, 0) is 51.2 Å². The van der Waals surface area contributed by atoms with E-state index < -0.39 is 0 Å². The van der Waals surface area contributed by atoms with Crippen LogP contribution in [0.15, 0.2) is 82.4 Å². The van der Waals surface area contributed by atoms with E-state index in [0.717, 1.165) is 21.2 Å². The lowest BCUT2D eigenvalue weighted by molar-refractivity contribution is -0.121. The van der Waals surface area contributed by atoms with Crippen molar-refractivity contribution in [3.05, 3.63) is 94.0 Å². The lowest BCUT2D eigenvalue weighted by atomic mass is 10.1. The molecule has 0 heterocycles. The molecule has 0 radical (unpaired) electrons. The van der Waals surface area contributed by atoms with Gasteiger partial charge in [0.25, 0.3) is 0 Å². The monoisotopic (exact) mass is 466 g/mol. The Morgan fingerprint density at radius 3 is 2.37 bits per heavy atom. The molecular formula is C24H23BrN2O3. The van der Waals surface area contributed by atoms with Crippen molar-refractivity contribution < 1.29 is 14.3 Å². The van der Waals surface area contributed by atoms with Crippen molar-refractivity contribution in [1.82, 2.24) is 5.43 Å². The van der Waals surface area contributed by atoms with Crippen LogP contribution in [0.1, 0.15) is 23.1 Å². The summed E-state index contributed by atoms with van der Waals surface area (Å²) in [6.07, 6.45) is 2.63. The number of methoxy groups -OCH3 is 1. The zero-order chi connectivity index (χ0) is 21.2. The number of carbonyl (C=O) groups is 1. The molecule has 0 bridgehead atoms. The molecule has 0 aliphatic heterocycles. The maximum Gasteiger partial charge on any atom is 0.240 e. The van der Waals surface area contributed by atoms with E-state index >= 15 is 0 Å². The first-order chi connectivity index (χ1) is 14.7. The summed E-state index contributed by atoms with van der Waals surface area (Å²) in [5, 5.41) is 4.05. The Morgan fingerprint density at radius 1 is 1.03 bits per heavy atom. The van der Waals surface area contributed by atoms with Gasteiger partial charge in [0.15, 0.2) is 11.5 Å². The molecule has 1 amide bonds. The van der Waals surface area contributed by atoms with Crippen molar-refractivity contribution in [2.45, 2.75) is 19.4 Å². The number of benzene rings is 3. The number of hydrazone groups is 1. The van der Waals surface area contributed by atoms with Gasteiger partial charge in [-0.2, -0.15) is 5.10 Å².